The van der Waals surface area contributed by atoms with Gasteiger partial charge in [-0.25, -0.2) is 4.79 Å². The van der Waals surface area contributed by atoms with Crippen molar-refractivity contribution in [2.45, 2.75) is 32.1 Å². The standard InChI is InChI=1S/C9H15NO4S/c1-3-5-8(10(12)13)15-7-6-9(11)14-4-2/h6-8H,3-5H2,1-2H3. The summed E-state index contributed by atoms with van der Waals surface area (Å²) in [7, 11) is 0. The van der Waals surface area contributed by atoms with E-state index in [1.165, 1.54) is 11.5 Å². The van der Waals surface area contributed by atoms with E-state index in [9.17, 15) is 14.9 Å². The van der Waals surface area contributed by atoms with Crippen LogP contribution >= 0.6 is 11.8 Å². The number of thioether (sulfide) groups is 1. The molecule has 0 aliphatic rings. The van der Waals surface area contributed by atoms with Crippen LogP contribution in [0.25, 0.3) is 0 Å². The topological polar surface area (TPSA) is 69.4 Å². The normalized spacial score (nSPS) is 12.7. The molecule has 0 spiro atoms. The summed E-state index contributed by atoms with van der Waals surface area (Å²) in [6.07, 6.45) is 2.44. The van der Waals surface area contributed by atoms with E-state index in [4.69, 9.17) is 0 Å². The minimum Gasteiger partial charge on any atom is -0.463 e. The van der Waals surface area contributed by atoms with Crippen molar-refractivity contribution in [1.82, 2.24) is 0 Å². The molecule has 0 saturated heterocycles. The van der Waals surface area contributed by atoms with E-state index in [2.05, 4.69) is 4.74 Å². The second-order valence-corrected chi connectivity index (χ2v) is 3.81. The molecule has 0 aliphatic carbocycles. The molecule has 0 aromatic carbocycles. The Bertz CT molecular complexity index is 242. The Hall–Kier alpha value is -1.04. The van der Waals surface area contributed by atoms with Crippen LogP contribution in [0.5, 0.6) is 0 Å². The molecule has 0 bridgehead atoms. The largest absolute Gasteiger partial charge is 0.463 e. The molecule has 0 amide bonds. The Kier molecular flexibility index (Phi) is 7.71. The molecule has 0 fully saturated rings. The van der Waals surface area contributed by atoms with Crippen LogP contribution in [0, 0.1) is 10.1 Å². The monoisotopic (exact) mass is 233 g/mol. The molecule has 0 N–H and O–H groups in total. The quantitative estimate of drug-likeness (QED) is 0.222. The highest BCUT2D eigenvalue weighted by atomic mass is 32.2. The van der Waals surface area contributed by atoms with E-state index in [1.807, 2.05) is 6.92 Å². The van der Waals surface area contributed by atoms with Gasteiger partial charge in [0.05, 0.1) is 6.61 Å². The first-order valence-corrected chi connectivity index (χ1v) is 5.68. The smallest absolute Gasteiger partial charge is 0.331 e. The number of ether oxygens (including phenoxy) is 1. The highest BCUT2D eigenvalue weighted by Gasteiger charge is 2.17. The number of nitro groups is 1. The third-order valence-corrected chi connectivity index (χ3v) is 2.51. The average Bonchev–Trinajstić information content (AvgIpc) is 2.16. The molecule has 0 radical (unpaired) electrons. The Morgan fingerprint density at radius 1 is 1.60 bits per heavy atom. The molecule has 0 rings (SSSR count). The minimum absolute atomic E-state index is 0.307. The van der Waals surface area contributed by atoms with Crippen LogP contribution in [0.2, 0.25) is 0 Å². The van der Waals surface area contributed by atoms with Crippen molar-refractivity contribution in [3.63, 3.8) is 0 Å². The molecular weight excluding hydrogens is 218 g/mol. The first-order valence-electron chi connectivity index (χ1n) is 4.74. The van der Waals surface area contributed by atoms with Crippen LogP contribution < -0.4 is 0 Å². The summed E-state index contributed by atoms with van der Waals surface area (Å²) >= 11 is 1.03. The highest BCUT2D eigenvalue weighted by molar-refractivity contribution is 8.02. The summed E-state index contributed by atoms with van der Waals surface area (Å²) in [5, 5.41) is 11.3. The summed E-state index contributed by atoms with van der Waals surface area (Å²) in [6.45, 7) is 3.89. The molecule has 0 saturated carbocycles. The van der Waals surface area contributed by atoms with Gasteiger partial charge in [-0.1, -0.05) is 18.7 Å². The molecule has 6 heteroatoms. The van der Waals surface area contributed by atoms with Gasteiger partial charge in [0.2, 0.25) is 0 Å². The van der Waals surface area contributed by atoms with Gasteiger partial charge in [0.25, 0.3) is 5.37 Å². The predicted molar refractivity (Wildman–Crippen MR) is 59.1 cm³/mol. The lowest BCUT2D eigenvalue weighted by Gasteiger charge is -2.03. The van der Waals surface area contributed by atoms with Gasteiger partial charge in [0.15, 0.2) is 0 Å². The van der Waals surface area contributed by atoms with Gasteiger partial charge >= 0.3 is 5.97 Å². The Labute approximate surface area is 93.0 Å². The van der Waals surface area contributed by atoms with Crippen molar-refractivity contribution < 1.29 is 14.5 Å². The van der Waals surface area contributed by atoms with Gasteiger partial charge in [0.1, 0.15) is 0 Å². The third-order valence-electron chi connectivity index (χ3n) is 1.50. The van der Waals surface area contributed by atoms with Crippen LogP contribution in [-0.2, 0) is 9.53 Å². The lowest BCUT2D eigenvalue weighted by molar-refractivity contribution is -0.495. The fourth-order valence-electron chi connectivity index (χ4n) is 0.846. The van der Waals surface area contributed by atoms with Crippen molar-refractivity contribution in [3.05, 3.63) is 21.6 Å². The van der Waals surface area contributed by atoms with Gasteiger partial charge in [-0.2, -0.15) is 0 Å². The highest BCUT2D eigenvalue weighted by Crippen LogP contribution is 2.17. The van der Waals surface area contributed by atoms with Gasteiger partial charge < -0.3 is 4.74 Å². The average molecular weight is 233 g/mol. The van der Waals surface area contributed by atoms with Crippen molar-refractivity contribution in [2.75, 3.05) is 6.61 Å². The number of hydrogen-bond donors (Lipinski definition) is 0. The molecule has 0 heterocycles. The number of hydrogen-bond acceptors (Lipinski definition) is 5. The molecule has 1 atom stereocenters. The number of esters is 1. The second-order valence-electron chi connectivity index (χ2n) is 2.72. The molecule has 1 unspecified atom stereocenters. The zero-order valence-electron chi connectivity index (χ0n) is 8.84. The predicted octanol–water partition coefficient (Wildman–Crippen LogP) is 2.20. The van der Waals surface area contributed by atoms with Crippen LogP contribution in [0.4, 0.5) is 0 Å². The molecular formula is C9H15NO4S. The fourth-order valence-corrected chi connectivity index (χ4v) is 1.69. The van der Waals surface area contributed by atoms with E-state index in [-0.39, 0.29) is 4.92 Å². The zero-order valence-corrected chi connectivity index (χ0v) is 9.66. The number of carbonyl (C=O) groups excluding carboxylic acids is 1. The van der Waals surface area contributed by atoms with Crippen molar-refractivity contribution in [3.8, 4) is 0 Å². The second kappa shape index (κ2) is 8.28. The van der Waals surface area contributed by atoms with Crippen molar-refractivity contribution in [2.24, 2.45) is 0 Å². The number of carbonyl (C=O) groups is 1. The Morgan fingerprint density at radius 2 is 2.27 bits per heavy atom. The molecule has 15 heavy (non-hydrogen) atoms. The van der Waals surface area contributed by atoms with E-state index in [0.717, 1.165) is 18.2 Å². The molecule has 5 nitrogen and oxygen atoms in total. The summed E-state index contributed by atoms with van der Waals surface area (Å²) in [5.74, 6) is -0.469. The minimum atomic E-state index is -0.680. The van der Waals surface area contributed by atoms with Gasteiger partial charge in [-0.15, -0.1) is 0 Å². The third kappa shape index (κ3) is 6.96. The van der Waals surface area contributed by atoms with E-state index >= 15 is 0 Å². The Morgan fingerprint density at radius 3 is 2.73 bits per heavy atom. The molecule has 0 aliphatic heterocycles. The Balaban J connectivity index is 3.98. The van der Waals surface area contributed by atoms with E-state index < -0.39 is 11.3 Å². The van der Waals surface area contributed by atoms with Crippen LogP contribution in [0.15, 0.2) is 11.5 Å². The van der Waals surface area contributed by atoms with Crippen molar-refractivity contribution in [1.29, 1.82) is 0 Å². The van der Waals surface area contributed by atoms with Crippen LogP contribution in [-0.4, -0.2) is 22.9 Å². The summed E-state index contributed by atoms with van der Waals surface area (Å²) in [6, 6.07) is 0. The van der Waals surface area contributed by atoms with E-state index in [1.54, 1.807) is 6.92 Å². The first-order chi connectivity index (χ1) is 7.11. The fraction of sp³-hybridized carbons (Fsp3) is 0.667. The maximum atomic E-state index is 10.9. The van der Waals surface area contributed by atoms with Gasteiger partial charge in [-0.3, -0.25) is 10.1 Å². The lowest BCUT2D eigenvalue weighted by atomic mass is 10.3. The maximum absolute atomic E-state index is 10.9. The summed E-state index contributed by atoms with van der Waals surface area (Å²) in [4.78, 5) is 21.0. The zero-order chi connectivity index (χ0) is 11.7. The molecule has 0 aromatic rings. The van der Waals surface area contributed by atoms with Crippen LogP contribution in [0.1, 0.15) is 26.7 Å². The van der Waals surface area contributed by atoms with E-state index in [0.29, 0.717) is 13.0 Å². The molecule has 0 aromatic heterocycles. The first kappa shape index (κ1) is 14.0. The summed E-state index contributed by atoms with van der Waals surface area (Å²) < 4.78 is 4.64. The van der Waals surface area contributed by atoms with Crippen LogP contribution in [0.3, 0.4) is 0 Å². The SMILES string of the molecule is CCCC(SC=CC(=O)OCC)[N+](=O)[O-]. The summed E-state index contributed by atoms with van der Waals surface area (Å²) in [5.41, 5.74) is 0. The molecule has 86 valence electrons. The van der Waals surface area contributed by atoms with Gasteiger partial charge in [-0.05, 0) is 18.8 Å². The number of nitrogens with zero attached hydrogens (tertiary/aromatic N) is 1. The van der Waals surface area contributed by atoms with Crippen molar-refractivity contribution >= 4 is 17.7 Å². The lowest BCUT2D eigenvalue weighted by Crippen LogP contribution is -2.13. The van der Waals surface area contributed by atoms with Gasteiger partial charge in [0, 0.05) is 17.4 Å². The number of rotatable bonds is 7. The maximum Gasteiger partial charge on any atom is 0.331 e.